The predicted octanol–water partition coefficient (Wildman–Crippen LogP) is 4.29. The van der Waals surface area contributed by atoms with E-state index in [4.69, 9.17) is 0 Å². The molecule has 0 saturated heterocycles. The molecule has 4 heteroatoms. The summed E-state index contributed by atoms with van der Waals surface area (Å²) < 4.78 is 0. The van der Waals surface area contributed by atoms with Gasteiger partial charge in [-0.1, -0.05) is 36.4 Å². The van der Waals surface area contributed by atoms with Crippen molar-refractivity contribution in [2.75, 3.05) is 7.05 Å². The van der Waals surface area contributed by atoms with E-state index in [1.165, 1.54) is 23.1 Å². The zero-order valence-corrected chi connectivity index (χ0v) is 17.8. The number of carbonyl (C=O) groups is 2. The van der Waals surface area contributed by atoms with E-state index in [2.05, 4.69) is 49.3 Å². The first-order valence-corrected chi connectivity index (χ1v) is 10.6. The van der Waals surface area contributed by atoms with Crippen molar-refractivity contribution in [3.63, 3.8) is 0 Å². The molecule has 29 heavy (non-hydrogen) atoms. The Labute approximate surface area is 174 Å². The summed E-state index contributed by atoms with van der Waals surface area (Å²) in [5.74, 6) is -0.0275. The van der Waals surface area contributed by atoms with Crippen molar-refractivity contribution < 1.29 is 9.59 Å². The summed E-state index contributed by atoms with van der Waals surface area (Å²) in [7, 11) is 2.10. The third-order valence-corrected chi connectivity index (χ3v) is 5.90. The van der Waals surface area contributed by atoms with Crippen LogP contribution in [0.1, 0.15) is 65.7 Å². The van der Waals surface area contributed by atoms with Gasteiger partial charge in [-0.15, -0.1) is 0 Å². The standard InChI is InChI=1S/C25H32N2O2/c1-18(2)27(3)17-23-8-5-4-7-22(23)16-26-25(29)14-13-24(28)21-12-11-19-9-6-10-20(19)15-21/h4-5,7-8,11-12,15,18H,6,9-10,13-14,16-17H2,1-3H3,(H,26,29). The summed E-state index contributed by atoms with van der Waals surface area (Å²) in [6, 6.07) is 14.7. The van der Waals surface area contributed by atoms with E-state index in [0.29, 0.717) is 12.6 Å². The Morgan fingerprint density at radius 2 is 1.72 bits per heavy atom. The number of hydrogen-bond acceptors (Lipinski definition) is 3. The van der Waals surface area contributed by atoms with E-state index in [0.717, 1.165) is 30.5 Å². The van der Waals surface area contributed by atoms with Crippen molar-refractivity contribution >= 4 is 11.7 Å². The van der Waals surface area contributed by atoms with E-state index in [1.54, 1.807) is 0 Å². The van der Waals surface area contributed by atoms with Gasteiger partial charge in [0.25, 0.3) is 0 Å². The molecule has 0 aromatic heterocycles. The number of carbonyl (C=O) groups excluding carboxylic acids is 2. The van der Waals surface area contributed by atoms with Crippen LogP contribution in [0.2, 0.25) is 0 Å². The Hall–Kier alpha value is -2.46. The summed E-state index contributed by atoms with van der Waals surface area (Å²) in [6.45, 7) is 5.68. The minimum Gasteiger partial charge on any atom is -0.352 e. The number of aryl methyl sites for hydroxylation is 2. The van der Waals surface area contributed by atoms with Crippen molar-refractivity contribution in [3.05, 3.63) is 70.3 Å². The molecular formula is C25H32N2O2. The zero-order valence-electron chi connectivity index (χ0n) is 17.8. The molecule has 154 valence electrons. The molecule has 1 amide bonds. The second-order valence-electron chi connectivity index (χ2n) is 8.31. The lowest BCUT2D eigenvalue weighted by atomic mass is 10.0. The SMILES string of the molecule is CC(C)N(C)Cc1ccccc1CNC(=O)CCC(=O)c1ccc2c(c1)CCC2. The molecule has 0 unspecified atom stereocenters. The largest absolute Gasteiger partial charge is 0.352 e. The fourth-order valence-electron chi connectivity index (χ4n) is 3.73. The second-order valence-corrected chi connectivity index (χ2v) is 8.31. The molecule has 0 fully saturated rings. The number of nitrogens with zero attached hydrogens (tertiary/aromatic N) is 1. The van der Waals surface area contributed by atoms with Crippen LogP contribution in [-0.2, 0) is 30.7 Å². The maximum Gasteiger partial charge on any atom is 0.220 e. The van der Waals surface area contributed by atoms with Crippen molar-refractivity contribution in [2.45, 2.75) is 65.1 Å². The second kappa shape index (κ2) is 9.84. The number of rotatable bonds is 9. The topological polar surface area (TPSA) is 49.4 Å². The molecule has 0 spiro atoms. The van der Waals surface area contributed by atoms with Crippen LogP contribution in [-0.4, -0.2) is 29.7 Å². The highest BCUT2D eigenvalue weighted by Crippen LogP contribution is 2.23. The number of amides is 1. The molecule has 0 aliphatic heterocycles. The van der Waals surface area contributed by atoms with Crippen LogP contribution in [0.25, 0.3) is 0 Å². The molecule has 4 nitrogen and oxygen atoms in total. The molecule has 3 rings (SSSR count). The minimum absolute atomic E-state index is 0.0498. The van der Waals surface area contributed by atoms with Crippen LogP contribution in [0, 0.1) is 0 Å². The van der Waals surface area contributed by atoms with Gasteiger partial charge in [0.15, 0.2) is 5.78 Å². The van der Waals surface area contributed by atoms with Gasteiger partial charge in [-0.05, 0) is 68.5 Å². The van der Waals surface area contributed by atoms with E-state index < -0.39 is 0 Å². The van der Waals surface area contributed by atoms with Gasteiger partial charge in [0.05, 0.1) is 0 Å². The Kier molecular flexibility index (Phi) is 7.21. The zero-order chi connectivity index (χ0) is 20.8. The summed E-state index contributed by atoms with van der Waals surface area (Å²) in [5.41, 5.74) is 5.74. The van der Waals surface area contributed by atoms with E-state index >= 15 is 0 Å². The smallest absolute Gasteiger partial charge is 0.220 e. The Morgan fingerprint density at radius 1 is 1.00 bits per heavy atom. The molecule has 1 aliphatic rings. The van der Waals surface area contributed by atoms with Crippen LogP contribution in [0.3, 0.4) is 0 Å². The van der Waals surface area contributed by atoms with Crippen LogP contribution >= 0.6 is 0 Å². The maximum atomic E-state index is 12.5. The molecule has 2 aromatic rings. The number of fused-ring (bicyclic) bond motifs is 1. The van der Waals surface area contributed by atoms with Gasteiger partial charge in [-0.3, -0.25) is 14.5 Å². The Bertz CT molecular complexity index is 873. The number of ketones is 1. The van der Waals surface area contributed by atoms with Crippen molar-refractivity contribution in [1.82, 2.24) is 10.2 Å². The summed E-state index contributed by atoms with van der Waals surface area (Å²) in [5, 5.41) is 2.98. The third-order valence-electron chi connectivity index (χ3n) is 5.90. The van der Waals surface area contributed by atoms with Crippen LogP contribution in [0.15, 0.2) is 42.5 Å². The van der Waals surface area contributed by atoms with Crippen LogP contribution < -0.4 is 5.32 Å². The highest BCUT2D eigenvalue weighted by atomic mass is 16.2. The summed E-state index contributed by atoms with van der Waals surface area (Å²) >= 11 is 0. The normalized spacial score (nSPS) is 13.0. The molecule has 0 atom stereocenters. The lowest BCUT2D eigenvalue weighted by molar-refractivity contribution is -0.121. The Morgan fingerprint density at radius 3 is 2.48 bits per heavy atom. The highest BCUT2D eigenvalue weighted by Gasteiger charge is 2.15. The lowest BCUT2D eigenvalue weighted by Gasteiger charge is -2.22. The summed E-state index contributed by atoms with van der Waals surface area (Å²) in [6.07, 6.45) is 3.82. The minimum atomic E-state index is -0.0773. The van der Waals surface area contributed by atoms with Crippen LogP contribution in [0.5, 0.6) is 0 Å². The van der Waals surface area contributed by atoms with Gasteiger partial charge in [-0.25, -0.2) is 0 Å². The Balaban J connectivity index is 1.50. The van der Waals surface area contributed by atoms with E-state index in [1.807, 2.05) is 24.3 Å². The molecule has 2 aromatic carbocycles. The summed E-state index contributed by atoms with van der Waals surface area (Å²) in [4.78, 5) is 27.1. The fourth-order valence-corrected chi connectivity index (χ4v) is 3.73. The quantitative estimate of drug-likeness (QED) is 0.648. The van der Waals surface area contributed by atoms with Crippen molar-refractivity contribution in [2.24, 2.45) is 0 Å². The van der Waals surface area contributed by atoms with Gasteiger partial charge < -0.3 is 5.32 Å². The monoisotopic (exact) mass is 392 g/mol. The van der Waals surface area contributed by atoms with Gasteiger partial charge in [0, 0.05) is 37.5 Å². The van der Waals surface area contributed by atoms with Crippen molar-refractivity contribution in [3.8, 4) is 0 Å². The molecule has 0 radical (unpaired) electrons. The first-order chi connectivity index (χ1) is 13.9. The molecule has 1 aliphatic carbocycles. The fraction of sp³-hybridized carbons (Fsp3) is 0.440. The molecule has 1 N–H and O–H groups in total. The lowest BCUT2D eigenvalue weighted by Crippen LogP contribution is -2.27. The van der Waals surface area contributed by atoms with E-state index in [-0.39, 0.29) is 24.5 Å². The predicted molar refractivity (Wildman–Crippen MR) is 117 cm³/mol. The molecule has 0 heterocycles. The highest BCUT2D eigenvalue weighted by molar-refractivity contribution is 5.98. The average Bonchev–Trinajstić information content (AvgIpc) is 3.19. The van der Waals surface area contributed by atoms with E-state index in [9.17, 15) is 9.59 Å². The first-order valence-electron chi connectivity index (χ1n) is 10.6. The van der Waals surface area contributed by atoms with Crippen LogP contribution in [0.4, 0.5) is 0 Å². The number of nitrogens with one attached hydrogen (secondary N) is 1. The molecule has 0 saturated carbocycles. The molecule has 0 bridgehead atoms. The van der Waals surface area contributed by atoms with Gasteiger partial charge in [0.2, 0.25) is 5.91 Å². The van der Waals surface area contributed by atoms with Gasteiger partial charge in [-0.2, -0.15) is 0 Å². The third kappa shape index (κ3) is 5.77. The first kappa shape index (κ1) is 21.3. The molecular weight excluding hydrogens is 360 g/mol. The maximum absolute atomic E-state index is 12.5. The number of benzene rings is 2. The average molecular weight is 393 g/mol. The number of Topliss-reactive ketones (excluding diaryl/α,β-unsaturated/α-hetero) is 1. The van der Waals surface area contributed by atoms with Gasteiger partial charge in [0.1, 0.15) is 0 Å². The van der Waals surface area contributed by atoms with Gasteiger partial charge >= 0.3 is 0 Å². The number of hydrogen-bond donors (Lipinski definition) is 1. The van der Waals surface area contributed by atoms with Crippen molar-refractivity contribution in [1.29, 1.82) is 0 Å².